The molecule has 2 N–H and O–H groups in total. The number of nitrogens with zero attached hydrogens (tertiary/aromatic N) is 1. The predicted octanol–water partition coefficient (Wildman–Crippen LogP) is 3.26. The van der Waals surface area contributed by atoms with Gasteiger partial charge in [0.15, 0.2) is 5.78 Å². The summed E-state index contributed by atoms with van der Waals surface area (Å²) in [5.74, 6) is 0.0507. The number of carbonyl (C=O) groups is 2. The van der Waals surface area contributed by atoms with Gasteiger partial charge in [-0.05, 0) is 43.7 Å². The van der Waals surface area contributed by atoms with E-state index in [1.54, 1.807) is 29.2 Å². The third kappa shape index (κ3) is 2.56. The molecule has 5 heteroatoms. The number of nitrogen functional groups attached to an aromatic ring is 1. The number of aryl methyl sites for hydroxylation is 1. The van der Waals surface area contributed by atoms with Crippen LogP contribution in [0.1, 0.15) is 38.4 Å². The first-order valence-electron chi connectivity index (χ1n) is 6.87. The van der Waals surface area contributed by atoms with Crippen molar-refractivity contribution in [3.63, 3.8) is 0 Å². The quantitative estimate of drug-likeness (QED) is 0.822. The zero-order valence-electron chi connectivity index (χ0n) is 11.8. The van der Waals surface area contributed by atoms with Crippen LogP contribution < -0.4 is 10.6 Å². The van der Waals surface area contributed by atoms with Crippen LogP contribution in [0.2, 0.25) is 0 Å². The van der Waals surface area contributed by atoms with Gasteiger partial charge >= 0.3 is 0 Å². The largest absolute Gasteiger partial charge is 0.399 e. The van der Waals surface area contributed by atoms with Crippen molar-refractivity contribution in [1.29, 1.82) is 0 Å². The highest BCUT2D eigenvalue weighted by molar-refractivity contribution is 7.16. The number of fused-ring (bicyclic) bond motifs is 1. The van der Waals surface area contributed by atoms with Crippen molar-refractivity contribution in [2.45, 2.75) is 19.8 Å². The van der Waals surface area contributed by atoms with Crippen LogP contribution in [-0.4, -0.2) is 18.2 Å². The van der Waals surface area contributed by atoms with Gasteiger partial charge < -0.3 is 5.73 Å². The molecule has 0 spiro atoms. The molecular weight excluding hydrogens is 284 g/mol. The summed E-state index contributed by atoms with van der Waals surface area (Å²) in [6, 6.07) is 8.78. The molecule has 0 atom stereocenters. The number of benzene rings is 1. The molecule has 0 fully saturated rings. The van der Waals surface area contributed by atoms with Gasteiger partial charge in [-0.15, -0.1) is 11.3 Å². The second-order valence-corrected chi connectivity index (χ2v) is 6.42. The molecule has 1 aromatic heterocycles. The summed E-state index contributed by atoms with van der Waals surface area (Å²) in [5, 5.41) is 0.775. The summed E-state index contributed by atoms with van der Waals surface area (Å²) in [5.41, 5.74) is 7.56. The molecule has 0 radical (unpaired) electrons. The Morgan fingerprint density at radius 1 is 1.29 bits per heavy atom. The van der Waals surface area contributed by atoms with E-state index in [-0.39, 0.29) is 11.7 Å². The number of carbonyl (C=O) groups excluding carboxylic acids is 2. The summed E-state index contributed by atoms with van der Waals surface area (Å²) in [4.78, 5) is 27.6. The minimum atomic E-state index is -0.0761. The third-order valence-corrected chi connectivity index (χ3v) is 4.64. The van der Waals surface area contributed by atoms with E-state index in [4.69, 9.17) is 5.73 Å². The van der Waals surface area contributed by atoms with Gasteiger partial charge in [0.25, 0.3) is 5.91 Å². The molecule has 0 bridgehead atoms. The van der Waals surface area contributed by atoms with Gasteiger partial charge in [0.2, 0.25) is 0 Å². The van der Waals surface area contributed by atoms with Crippen LogP contribution in [0.3, 0.4) is 0 Å². The van der Waals surface area contributed by atoms with Gasteiger partial charge in [-0.2, -0.15) is 0 Å². The van der Waals surface area contributed by atoms with Gasteiger partial charge in [-0.25, -0.2) is 0 Å². The Hall–Kier alpha value is -2.14. The van der Waals surface area contributed by atoms with E-state index < -0.39 is 0 Å². The lowest BCUT2D eigenvalue weighted by Crippen LogP contribution is -2.31. The zero-order chi connectivity index (χ0) is 15.0. The molecular formula is C16H16N2O2S. The second-order valence-electron chi connectivity index (χ2n) is 5.18. The summed E-state index contributed by atoms with van der Waals surface area (Å²) in [6.07, 6.45) is 1.19. The average molecular weight is 300 g/mol. The SMILES string of the molecule is Cc1cc2c(s1)N(C(=O)c1ccc(N)cc1)CCCC2=O. The maximum atomic E-state index is 12.7. The number of hydrogen-bond acceptors (Lipinski definition) is 4. The maximum absolute atomic E-state index is 12.7. The lowest BCUT2D eigenvalue weighted by molar-refractivity contribution is 0.0973. The molecule has 1 aromatic carbocycles. The minimum Gasteiger partial charge on any atom is -0.399 e. The lowest BCUT2D eigenvalue weighted by Gasteiger charge is -2.20. The predicted molar refractivity (Wildman–Crippen MR) is 85.2 cm³/mol. The molecule has 1 aliphatic heterocycles. The summed E-state index contributed by atoms with van der Waals surface area (Å²) >= 11 is 1.50. The topological polar surface area (TPSA) is 63.4 Å². The highest BCUT2D eigenvalue weighted by Gasteiger charge is 2.27. The van der Waals surface area contributed by atoms with E-state index >= 15 is 0 Å². The number of anilines is 2. The molecule has 2 heterocycles. The smallest absolute Gasteiger partial charge is 0.258 e. The first-order valence-corrected chi connectivity index (χ1v) is 7.69. The number of thiophene rings is 1. The van der Waals surface area contributed by atoms with E-state index in [1.165, 1.54) is 11.3 Å². The van der Waals surface area contributed by atoms with E-state index in [0.29, 0.717) is 36.2 Å². The molecule has 0 aliphatic carbocycles. The Balaban J connectivity index is 2.01. The van der Waals surface area contributed by atoms with E-state index in [0.717, 1.165) is 9.88 Å². The molecule has 108 valence electrons. The van der Waals surface area contributed by atoms with Gasteiger partial charge in [0.1, 0.15) is 5.00 Å². The Kier molecular flexibility index (Phi) is 3.51. The van der Waals surface area contributed by atoms with Crippen LogP contribution in [-0.2, 0) is 0 Å². The van der Waals surface area contributed by atoms with Crippen LogP contribution in [0.4, 0.5) is 10.7 Å². The van der Waals surface area contributed by atoms with Crippen molar-refractivity contribution >= 4 is 33.7 Å². The maximum Gasteiger partial charge on any atom is 0.258 e. The Labute approximate surface area is 127 Å². The van der Waals surface area contributed by atoms with Crippen molar-refractivity contribution < 1.29 is 9.59 Å². The van der Waals surface area contributed by atoms with Gasteiger partial charge in [-0.3, -0.25) is 14.5 Å². The van der Waals surface area contributed by atoms with Gasteiger partial charge in [-0.1, -0.05) is 0 Å². The number of amides is 1. The normalized spacial score (nSPS) is 14.7. The summed E-state index contributed by atoms with van der Waals surface area (Å²) in [7, 11) is 0. The number of rotatable bonds is 1. The van der Waals surface area contributed by atoms with Gasteiger partial charge in [0, 0.05) is 29.1 Å². The fraction of sp³-hybridized carbons (Fsp3) is 0.250. The molecule has 2 aromatic rings. The monoisotopic (exact) mass is 300 g/mol. The van der Waals surface area contributed by atoms with Gasteiger partial charge in [0.05, 0.1) is 5.56 Å². The first-order chi connectivity index (χ1) is 10.1. The van der Waals surface area contributed by atoms with Crippen molar-refractivity contribution in [3.05, 3.63) is 46.3 Å². The van der Waals surface area contributed by atoms with E-state index in [1.807, 2.05) is 13.0 Å². The number of hydrogen-bond donors (Lipinski definition) is 1. The number of Topliss-reactive ketones (excluding diaryl/α,β-unsaturated/α-hetero) is 1. The molecule has 4 nitrogen and oxygen atoms in total. The lowest BCUT2D eigenvalue weighted by atomic mass is 10.1. The van der Waals surface area contributed by atoms with Crippen molar-refractivity contribution in [3.8, 4) is 0 Å². The number of ketones is 1. The van der Waals surface area contributed by atoms with Crippen LogP contribution in [0.25, 0.3) is 0 Å². The van der Waals surface area contributed by atoms with Crippen molar-refractivity contribution in [2.75, 3.05) is 17.2 Å². The van der Waals surface area contributed by atoms with Crippen LogP contribution in [0, 0.1) is 6.92 Å². The van der Waals surface area contributed by atoms with Crippen LogP contribution >= 0.6 is 11.3 Å². The molecule has 0 unspecified atom stereocenters. The van der Waals surface area contributed by atoms with E-state index in [9.17, 15) is 9.59 Å². The highest BCUT2D eigenvalue weighted by Crippen LogP contribution is 2.35. The Bertz CT molecular complexity index is 704. The van der Waals surface area contributed by atoms with Crippen molar-refractivity contribution in [2.24, 2.45) is 0 Å². The second kappa shape index (κ2) is 5.33. The molecule has 1 amide bonds. The zero-order valence-corrected chi connectivity index (χ0v) is 12.6. The highest BCUT2D eigenvalue weighted by atomic mass is 32.1. The minimum absolute atomic E-state index is 0.0761. The fourth-order valence-corrected chi connectivity index (χ4v) is 3.56. The molecule has 3 rings (SSSR count). The van der Waals surface area contributed by atoms with E-state index in [2.05, 4.69) is 0 Å². The number of nitrogens with two attached hydrogens (primary N) is 1. The fourth-order valence-electron chi connectivity index (χ4n) is 2.51. The molecule has 21 heavy (non-hydrogen) atoms. The Morgan fingerprint density at radius 3 is 2.71 bits per heavy atom. The molecule has 1 aliphatic rings. The summed E-state index contributed by atoms with van der Waals surface area (Å²) < 4.78 is 0. The summed E-state index contributed by atoms with van der Waals surface area (Å²) in [6.45, 7) is 2.53. The first kappa shape index (κ1) is 13.8. The standard InChI is InChI=1S/C16H16N2O2S/c1-10-9-13-14(19)3-2-8-18(16(13)21-10)15(20)11-4-6-12(17)7-5-11/h4-7,9H,2-3,8,17H2,1H3. The molecule has 0 saturated carbocycles. The molecule has 0 saturated heterocycles. The van der Waals surface area contributed by atoms with Crippen molar-refractivity contribution in [1.82, 2.24) is 0 Å². The third-order valence-electron chi connectivity index (χ3n) is 3.57. The Morgan fingerprint density at radius 2 is 2.00 bits per heavy atom. The van der Waals surface area contributed by atoms with Crippen LogP contribution in [0.15, 0.2) is 30.3 Å². The van der Waals surface area contributed by atoms with Crippen LogP contribution in [0.5, 0.6) is 0 Å². The average Bonchev–Trinajstić information content (AvgIpc) is 2.78.